The fourth-order valence-corrected chi connectivity index (χ4v) is 4.09. The molecule has 142 valence electrons. The van der Waals surface area contributed by atoms with Gasteiger partial charge in [-0.1, -0.05) is 0 Å². The monoisotopic (exact) mass is 562 g/mol. The van der Waals surface area contributed by atoms with Gasteiger partial charge in [0.1, 0.15) is 0 Å². The Balaban J connectivity index is 1.88. The van der Waals surface area contributed by atoms with Gasteiger partial charge in [0.2, 0.25) is 0 Å². The van der Waals surface area contributed by atoms with E-state index in [1.165, 1.54) is 0 Å². The Morgan fingerprint density at radius 3 is 1.19 bits per heavy atom. The molecule has 2 aromatic rings. The molecule has 0 amide bonds. The zero-order chi connectivity index (χ0) is 20.2. The number of rotatable bonds is 4. The van der Waals surface area contributed by atoms with E-state index in [0.29, 0.717) is 11.1 Å². The van der Waals surface area contributed by atoms with Crippen molar-refractivity contribution in [2.75, 3.05) is 0 Å². The van der Waals surface area contributed by atoms with Gasteiger partial charge in [0.15, 0.2) is 0 Å². The van der Waals surface area contributed by atoms with Crippen molar-refractivity contribution < 1.29 is 15.0 Å². The van der Waals surface area contributed by atoms with Crippen LogP contribution in [0.25, 0.3) is 0 Å². The van der Waals surface area contributed by atoms with Gasteiger partial charge in [0, 0.05) is 0 Å². The number of carbonyl (C=O) groups is 2. The molecule has 0 N–H and O–H groups in total. The molecule has 0 aliphatic heterocycles. The third-order valence-corrected chi connectivity index (χ3v) is 6.33. The van der Waals surface area contributed by atoms with E-state index < -0.39 is 37.1 Å². The predicted octanol–water partition coefficient (Wildman–Crippen LogP) is 4.83. The molecule has 0 saturated carbocycles. The molecular weight excluding hydrogens is 535 g/mol. The Bertz CT molecular complexity index is 725. The Kier molecular flexibility index (Phi) is 6.83. The maximum atomic E-state index is 12.1. The van der Waals surface area contributed by atoms with Crippen molar-refractivity contribution >= 4 is 37.1 Å². The van der Waals surface area contributed by atoms with Crippen LogP contribution in [0.15, 0.2) is 48.5 Å². The van der Waals surface area contributed by atoms with Crippen molar-refractivity contribution in [2.45, 2.75) is 52.4 Å². The average Bonchev–Trinajstić information content (AvgIpc) is 2.60. The van der Waals surface area contributed by atoms with E-state index in [1.54, 1.807) is 24.3 Å². The molecule has 27 heavy (non-hydrogen) atoms. The Morgan fingerprint density at radius 1 is 0.630 bits per heavy atom. The molecule has 5 heteroatoms. The van der Waals surface area contributed by atoms with Gasteiger partial charge < -0.3 is 0 Å². The van der Waals surface area contributed by atoms with Crippen LogP contribution in [0.3, 0.4) is 0 Å². The first-order valence-corrected chi connectivity index (χ1v) is 12.0. The van der Waals surface area contributed by atoms with Crippen molar-refractivity contribution in [1.29, 1.82) is 0 Å². The average molecular weight is 562 g/mol. The van der Waals surface area contributed by atoms with Crippen molar-refractivity contribution in [3.63, 3.8) is 0 Å². The molecule has 0 aliphatic rings. The summed E-state index contributed by atoms with van der Waals surface area (Å²) in [6.07, 6.45) is 0. The van der Waals surface area contributed by atoms with Gasteiger partial charge in [-0.2, -0.15) is 0 Å². The van der Waals surface area contributed by atoms with Crippen LogP contribution in [-0.2, 0) is 16.2 Å². The molecule has 0 saturated heterocycles. The summed E-state index contributed by atoms with van der Waals surface area (Å²) in [6, 6.07) is 14.7. The van der Waals surface area contributed by atoms with Gasteiger partial charge in [-0.25, -0.2) is 0 Å². The van der Waals surface area contributed by atoms with Crippen LogP contribution in [0.1, 0.15) is 73.4 Å². The number of carbonyl (C=O) groups excluding carboxylic acids is 2. The van der Waals surface area contributed by atoms with Gasteiger partial charge in [-0.3, -0.25) is 0 Å². The molecule has 0 bridgehead atoms. The zero-order valence-electron chi connectivity index (χ0n) is 16.8. The summed E-state index contributed by atoms with van der Waals surface area (Å²) in [6.45, 7) is 12.7. The molecule has 0 heterocycles. The van der Waals surface area contributed by atoms with Crippen LogP contribution in [0.5, 0.6) is 0 Å². The molecule has 0 spiro atoms. The first kappa shape index (κ1) is 21.6. The Morgan fingerprint density at radius 2 is 0.926 bits per heavy atom. The second kappa shape index (κ2) is 8.54. The van der Waals surface area contributed by atoms with Crippen LogP contribution >= 0.6 is 0 Å². The second-order valence-electron chi connectivity index (χ2n) is 8.52. The van der Waals surface area contributed by atoms with E-state index in [0.717, 1.165) is 11.1 Å². The normalized spacial score (nSPS) is 11.8. The molecule has 4 nitrogen and oxygen atoms in total. The van der Waals surface area contributed by atoms with Gasteiger partial charge >= 0.3 is 175 Å². The minimum atomic E-state index is -2.28. The molecule has 0 aliphatic carbocycles. The standard InChI is InChI=1S/2C11H14O2.Pb/c2*1-11(2,3)9-6-4-8(5-7-9)10(12)13;/h2*4-7H,1-3H3,(H,12,13);/q;;+2/p-2. The van der Waals surface area contributed by atoms with E-state index in [2.05, 4.69) is 41.5 Å². The van der Waals surface area contributed by atoms with Gasteiger partial charge in [-0.05, 0) is 0 Å². The van der Waals surface area contributed by atoms with E-state index in [1.807, 2.05) is 24.3 Å². The first-order chi connectivity index (χ1) is 12.5. The second-order valence-corrected chi connectivity index (χ2v) is 10.8. The number of benzene rings is 2. The fourth-order valence-electron chi connectivity index (χ4n) is 2.43. The van der Waals surface area contributed by atoms with E-state index >= 15 is 0 Å². The van der Waals surface area contributed by atoms with Crippen molar-refractivity contribution in [2.24, 2.45) is 0 Å². The summed E-state index contributed by atoms with van der Waals surface area (Å²) < 4.78 is 10.5. The summed E-state index contributed by atoms with van der Waals surface area (Å²) in [4.78, 5) is 24.2. The van der Waals surface area contributed by atoms with Crippen molar-refractivity contribution in [1.82, 2.24) is 0 Å². The van der Waals surface area contributed by atoms with Crippen LogP contribution < -0.4 is 0 Å². The molecule has 0 fully saturated rings. The van der Waals surface area contributed by atoms with Gasteiger partial charge in [-0.15, -0.1) is 0 Å². The molecule has 2 radical (unpaired) electrons. The summed E-state index contributed by atoms with van der Waals surface area (Å²) in [7, 11) is 0. The summed E-state index contributed by atoms with van der Waals surface area (Å²) in [5, 5.41) is 0. The Labute approximate surface area is 174 Å². The van der Waals surface area contributed by atoms with E-state index in [-0.39, 0.29) is 10.8 Å². The predicted molar refractivity (Wildman–Crippen MR) is 107 cm³/mol. The van der Waals surface area contributed by atoms with E-state index in [4.69, 9.17) is 5.37 Å². The summed E-state index contributed by atoms with van der Waals surface area (Å²) in [5.74, 6) is -0.871. The molecular formula is C22H26O4Pb. The molecule has 2 aromatic carbocycles. The first-order valence-electron chi connectivity index (χ1n) is 8.87. The molecule has 0 atom stereocenters. The third-order valence-electron chi connectivity index (χ3n) is 4.24. The van der Waals surface area contributed by atoms with Gasteiger partial charge in [0.25, 0.3) is 0 Å². The SMILES string of the molecule is CC(C)(C)c1ccc(C(=O)[O][Pb][O]C(=O)c2ccc(C(C)(C)C)cc2)cc1. The van der Waals surface area contributed by atoms with Crippen molar-refractivity contribution in [3.8, 4) is 0 Å². The third kappa shape index (κ3) is 6.16. The quantitative estimate of drug-likeness (QED) is 0.502. The summed E-state index contributed by atoms with van der Waals surface area (Å²) in [5.41, 5.74) is 3.29. The van der Waals surface area contributed by atoms with Crippen LogP contribution in [0.2, 0.25) is 0 Å². The van der Waals surface area contributed by atoms with E-state index in [9.17, 15) is 9.59 Å². The van der Waals surface area contributed by atoms with Crippen LogP contribution in [-0.4, -0.2) is 37.1 Å². The molecule has 0 unspecified atom stereocenters. The van der Waals surface area contributed by atoms with Gasteiger partial charge in [0.05, 0.1) is 0 Å². The molecule has 2 rings (SSSR count). The maximum absolute atomic E-state index is 12.1. The van der Waals surface area contributed by atoms with Crippen LogP contribution in [0.4, 0.5) is 0 Å². The summed E-state index contributed by atoms with van der Waals surface area (Å²) >= 11 is -2.28. The Hall–Kier alpha value is -1.70. The van der Waals surface area contributed by atoms with Crippen LogP contribution in [0, 0.1) is 0 Å². The fraction of sp³-hybridized carbons (Fsp3) is 0.364. The minimum absolute atomic E-state index is 0.0265. The topological polar surface area (TPSA) is 52.6 Å². The molecule has 0 aromatic heterocycles. The zero-order valence-corrected chi connectivity index (χ0v) is 20.6. The number of hydrogen-bond acceptors (Lipinski definition) is 4. The van der Waals surface area contributed by atoms with Crippen molar-refractivity contribution in [3.05, 3.63) is 70.8 Å². The number of hydrogen-bond donors (Lipinski definition) is 0.